The Morgan fingerprint density at radius 1 is 1.18 bits per heavy atom. The Labute approximate surface area is 168 Å². The summed E-state index contributed by atoms with van der Waals surface area (Å²) in [6.45, 7) is 4.97. The second-order valence-electron chi connectivity index (χ2n) is 8.68. The Balaban J connectivity index is 1.49. The highest BCUT2D eigenvalue weighted by atomic mass is 32.2. The van der Waals surface area contributed by atoms with Crippen molar-refractivity contribution in [2.45, 2.75) is 62.9 Å². The van der Waals surface area contributed by atoms with Gasteiger partial charge in [-0.25, -0.2) is 13.4 Å². The number of hydrogen-bond acceptors (Lipinski definition) is 6. The average molecular weight is 412 g/mol. The molecule has 0 radical (unpaired) electrons. The van der Waals surface area contributed by atoms with Crippen LogP contribution in [0.25, 0.3) is 0 Å². The molecular weight excluding hydrogens is 378 g/mol. The lowest BCUT2D eigenvalue weighted by atomic mass is 9.98. The number of likely N-dealkylation sites (tertiary alicyclic amines) is 1. The van der Waals surface area contributed by atoms with Crippen LogP contribution in [0.4, 0.5) is 0 Å². The molecule has 3 aliphatic rings. The Morgan fingerprint density at radius 3 is 2.61 bits per heavy atom. The van der Waals surface area contributed by atoms with E-state index in [1.54, 1.807) is 13.3 Å². The zero-order valence-corrected chi connectivity index (χ0v) is 17.7. The third-order valence-corrected chi connectivity index (χ3v) is 8.03. The minimum absolute atomic E-state index is 0.0928. The number of aromatic nitrogens is 2. The minimum Gasteiger partial charge on any atom is -0.384 e. The van der Waals surface area contributed by atoms with Gasteiger partial charge >= 0.3 is 0 Å². The van der Waals surface area contributed by atoms with E-state index in [2.05, 4.69) is 9.88 Å². The Kier molecular flexibility index (Phi) is 6.40. The third-order valence-electron chi connectivity index (χ3n) is 6.24. The van der Waals surface area contributed by atoms with Crippen LogP contribution in [-0.4, -0.2) is 68.1 Å². The maximum atomic E-state index is 12.9. The highest BCUT2D eigenvalue weighted by Crippen LogP contribution is 2.32. The van der Waals surface area contributed by atoms with Gasteiger partial charge in [0.1, 0.15) is 0 Å². The summed E-state index contributed by atoms with van der Waals surface area (Å²) in [7, 11) is -1.58. The molecule has 0 spiro atoms. The van der Waals surface area contributed by atoms with Crippen molar-refractivity contribution in [2.75, 3.05) is 39.2 Å². The van der Waals surface area contributed by atoms with Crippen LogP contribution in [0.3, 0.4) is 0 Å². The number of methoxy groups -OCH3 is 1. The van der Waals surface area contributed by atoms with Gasteiger partial charge in [-0.05, 0) is 63.5 Å². The van der Waals surface area contributed by atoms with E-state index in [-0.39, 0.29) is 17.0 Å². The summed E-state index contributed by atoms with van der Waals surface area (Å²) in [4.78, 5) is 6.80. The lowest BCUT2D eigenvalue weighted by molar-refractivity contribution is 0.0878. The van der Waals surface area contributed by atoms with Crippen LogP contribution in [0.5, 0.6) is 0 Å². The fraction of sp³-hybridized carbons (Fsp3) is 0.850. The van der Waals surface area contributed by atoms with Crippen LogP contribution >= 0.6 is 0 Å². The quantitative estimate of drug-likeness (QED) is 0.620. The van der Waals surface area contributed by atoms with Crippen molar-refractivity contribution in [1.29, 1.82) is 0 Å². The van der Waals surface area contributed by atoms with E-state index in [1.165, 1.54) is 0 Å². The second-order valence-corrected chi connectivity index (χ2v) is 10.6. The lowest BCUT2D eigenvalue weighted by Gasteiger charge is -2.31. The van der Waals surface area contributed by atoms with Crippen LogP contribution < -0.4 is 0 Å². The number of piperidine rings is 1. The van der Waals surface area contributed by atoms with Gasteiger partial charge in [-0.2, -0.15) is 0 Å². The summed E-state index contributed by atoms with van der Waals surface area (Å²) in [5.41, 5.74) is 0.995. The monoisotopic (exact) mass is 411 g/mol. The first-order valence-corrected chi connectivity index (χ1v) is 12.3. The Morgan fingerprint density at radius 2 is 1.96 bits per heavy atom. The van der Waals surface area contributed by atoms with Crippen LogP contribution in [0.15, 0.2) is 11.4 Å². The van der Waals surface area contributed by atoms with Gasteiger partial charge in [-0.15, -0.1) is 0 Å². The first-order valence-electron chi connectivity index (χ1n) is 10.6. The highest BCUT2D eigenvalue weighted by molar-refractivity contribution is 7.91. The number of imidazole rings is 1. The molecule has 28 heavy (non-hydrogen) atoms. The van der Waals surface area contributed by atoms with E-state index in [1.807, 2.05) is 4.57 Å². The Hall–Kier alpha value is -0.960. The number of sulfone groups is 1. The predicted octanol–water partition coefficient (Wildman–Crippen LogP) is 2.10. The van der Waals surface area contributed by atoms with E-state index in [9.17, 15) is 8.42 Å². The molecule has 158 valence electrons. The second kappa shape index (κ2) is 8.81. The average Bonchev–Trinajstić information content (AvgIpc) is 3.16. The van der Waals surface area contributed by atoms with E-state index in [0.29, 0.717) is 18.4 Å². The van der Waals surface area contributed by atoms with Gasteiger partial charge in [0.25, 0.3) is 0 Å². The van der Waals surface area contributed by atoms with E-state index in [0.717, 1.165) is 77.1 Å². The fourth-order valence-corrected chi connectivity index (χ4v) is 6.24. The fourth-order valence-electron chi connectivity index (χ4n) is 4.40. The summed E-state index contributed by atoms with van der Waals surface area (Å²) >= 11 is 0. The number of hydrogen-bond donors (Lipinski definition) is 0. The van der Waals surface area contributed by atoms with Crippen molar-refractivity contribution in [3.63, 3.8) is 0 Å². The number of rotatable bonds is 9. The molecule has 0 bridgehead atoms. The molecule has 1 aromatic heterocycles. The van der Waals surface area contributed by atoms with Crippen molar-refractivity contribution in [1.82, 2.24) is 14.5 Å². The van der Waals surface area contributed by atoms with Gasteiger partial charge in [-0.3, -0.25) is 4.90 Å². The summed E-state index contributed by atoms with van der Waals surface area (Å²) in [5.74, 6) is 1.19. The van der Waals surface area contributed by atoms with Gasteiger partial charge in [0.2, 0.25) is 15.0 Å². The molecule has 8 heteroatoms. The maximum Gasteiger partial charge on any atom is 0.227 e. The van der Waals surface area contributed by atoms with Crippen LogP contribution in [0, 0.1) is 11.8 Å². The molecule has 4 rings (SSSR count). The molecule has 1 aromatic rings. The zero-order chi connectivity index (χ0) is 19.6. The van der Waals surface area contributed by atoms with E-state index in [4.69, 9.17) is 9.47 Å². The molecule has 0 unspecified atom stereocenters. The van der Waals surface area contributed by atoms with Crippen LogP contribution in [-0.2, 0) is 32.4 Å². The summed E-state index contributed by atoms with van der Waals surface area (Å²) in [6.07, 6.45) is 8.20. The van der Waals surface area contributed by atoms with Crippen molar-refractivity contribution >= 4 is 9.84 Å². The van der Waals surface area contributed by atoms with E-state index < -0.39 is 9.84 Å². The highest BCUT2D eigenvalue weighted by Gasteiger charge is 2.33. The number of ether oxygens (including phenoxy) is 2. The molecule has 1 atom stereocenters. The smallest absolute Gasteiger partial charge is 0.227 e. The minimum atomic E-state index is -3.34. The largest absolute Gasteiger partial charge is 0.384 e. The molecular formula is C20H33N3O4S. The molecule has 1 saturated carbocycles. The molecule has 0 aromatic carbocycles. The topological polar surface area (TPSA) is 73.7 Å². The Bertz CT molecular complexity index is 746. The van der Waals surface area contributed by atoms with Crippen LogP contribution in [0.2, 0.25) is 0 Å². The van der Waals surface area contributed by atoms with Gasteiger partial charge in [-0.1, -0.05) is 0 Å². The molecule has 2 aliphatic heterocycles. The van der Waals surface area contributed by atoms with Gasteiger partial charge in [0.15, 0.2) is 0 Å². The van der Waals surface area contributed by atoms with Gasteiger partial charge in [0.05, 0.1) is 30.3 Å². The van der Waals surface area contributed by atoms with Crippen molar-refractivity contribution < 1.29 is 17.9 Å². The maximum absolute atomic E-state index is 12.9. The molecule has 0 N–H and O–H groups in total. The molecule has 3 heterocycles. The normalized spacial score (nSPS) is 24.8. The summed E-state index contributed by atoms with van der Waals surface area (Å²) < 4.78 is 38.9. The van der Waals surface area contributed by atoms with Gasteiger partial charge < -0.3 is 14.0 Å². The van der Waals surface area contributed by atoms with Gasteiger partial charge in [0, 0.05) is 26.9 Å². The lowest BCUT2D eigenvalue weighted by Crippen LogP contribution is -2.35. The molecule has 7 nitrogen and oxygen atoms in total. The van der Waals surface area contributed by atoms with Crippen molar-refractivity contribution in [3.05, 3.63) is 11.9 Å². The predicted molar refractivity (Wildman–Crippen MR) is 106 cm³/mol. The van der Waals surface area contributed by atoms with Crippen LogP contribution in [0.1, 0.15) is 44.2 Å². The van der Waals surface area contributed by atoms with Crippen molar-refractivity contribution in [2.24, 2.45) is 11.8 Å². The van der Waals surface area contributed by atoms with E-state index >= 15 is 0 Å². The SMILES string of the molecule is COCC1CCN(Cc2cnc(S(=O)(=O)CC3CC3)n2C[C@H]2CCCO2)CC1. The molecule has 1 aliphatic carbocycles. The molecule has 0 amide bonds. The molecule has 3 fully saturated rings. The summed E-state index contributed by atoms with van der Waals surface area (Å²) in [5, 5.41) is 0.249. The number of nitrogens with zero attached hydrogens (tertiary/aromatic N) is 3. The zero-order valence-electron chi connectivity index (χ0n) is 16.9. The molecule has 2 saturated heterocycles. The standard InChI is InChI=1S/C20H33N3O4S/c1-26-14-16-6-8-22(9-7-16)12-18-11-21-20(28(24,25)15-17-4-5-17)23(18)13-19-3-2-10-27-19/h11,16-17,19H,2-10,12-15H2,1H3/t19-/m1/s1. The first kappa shape index (κ1) is 20.3. The van der Waals surface area contributed by atoms with Crippen molar-refractivity contribution in [3.8, 4) is 0 Å². The summed E-state index contributed by atoms with van der Waals surface area (Å²) in [6, 6.07) is 0. The third kappa shape index (κ3) is 4.96. The first-order chi connectivity index (χ1) is 13.5.